The van der Waals surface area contributed by atoms with Crippen LogP contribution in [0.1, 0.15) is 11.5 Å². The molecule has 0 saturated carbocycles. The number of furan rings is 1. The fourth-order valence-electron chi connectivity index (χ4n) is 2.19. The van der Waals surface area contributed by atoms with Crippen LogP contribution in [0.2, 0.25) is 0 Å². The maximum absolute atomic E-state index is 8.68. The SMILES string of the molecule is N#Cc1ccc(CNCCNc2ccc3ccccc3n2)o1. The molecule has 5 nitrogen and oxygen atoms in total. The van der Waals surface area contributed by atoms with Crippen molar-refractivity contribution in [1.82, 2.24) is 10.3 Å². The van der Waals surface area contributed by atoms with Crippen LogP contribution < -0.4 is 10.6 Å². The number of benzene rings is 1. The number of nitrogens with one attached hydrogen (secondary N) is 2. The third-order valence-electron chi connectivity index (χ3n) is 3.28. The third-order valence-corrected chi connectivity index (χ3v) is 3.28. The van der Waals surface area contributed by atoms with Crippen LogP contribution in [0, 0.1) is 11.3 Å². The lowest BCUT2D eigenvalue weighted by Crippen LogP contribution is -2.21. The zero-order valence-electron chi connectivity index (χ0n) is 12.0. The molecule has 0 spiro atoms. The summed E-state index contributed by atoms with van der Waals surface area (Å²) in [6.07, 6.45) is 0. The molecule has 1 aromatic carbocycles. The van der Waals surface area contributed by atoms with E-state index in [1.165, 1.54) is 0 Å². The molecular weight excluding hydrogens is 276 g/mol. The molecule has 0 aliphatic heterocycles. The van der Waals surface area contributed by atoms with E-state index in [2.05, 4.69) is 21.7 Å². The van der Waals surface area contributed by atoms with Gasteiger partial charge in [-0.15, -0.1) is 0 Å². The zero-order valence-corrected chi connectivity index (χ0v) is 12.0. The maximum atomic E-state index is 8.68. The highest BCUT2D eigenvalue weighted by Crippen LogP contribution is 2.14. The first-order valence-corrected chi connectivity index (χ1v) is 7.14. The highest BCUT2D eigenvalue weighted by molar-refractivity contribution is 5.79. The maximum Gasteiger partial charge on any atom is 0.203 e. The largest absolute Gasteiger partial charge is 0.449 e. The average molecular weight is 292 g/mol. The summed E-state index contributed by atoms with van der Waals surface area (Å²) >= 11 is 0. The molecule has 22 heavy (non-hydrogen) atoms. The van der Waals surface area contributed by atoms with E-state index in [9.17, 15) is 0 Å². The molecule has 3 aromatic rings. The number of para-hydroxylation sites is 1. The zero-order chi connectivity index (χ0) is 15.2. The molecule has 0 amide bonds. The van der Waals surface area contributed by atoms with E-state index in [1.54, 1.807) is 6.07 Å². The Hall–Kier alpha value is -2.84. The second kappa shape index (κ2) is 6.74. The number of aromatic nitrogens is 1. The van der Waals surface area contributed by atoms with Gasteiger partial charge in [0.25, 0.3) is 0 Å². The van der Waals surface area contributed by atoms with E-state index in [-0.39, 0.29) is 0 Å². The van der Waals surface area contributed by atoms with Gasteiger partial charge in [0.05, 0.1) is 12.1 Å². The van der Waals surface area contributed by atoms with Crippen molar-refractivity contribution in [2.45, 2.75) is 6.54 Å². The van der Waals surface area contributed by atoms with Gasteiger partial charge in [0.1, 0.15) is 17.6 Å². The number of fused-ring (bicyclic) bond motifs is 1. The summed E-state index contributed by atoms with van der Waals surface area (Å²) in [7, 11) is 0. The van der Waals surface area contributed by atoms with E-state index < -0.39 is 0 Å². The van der Waals surface area contributed by atoms with Gasteiger partial charge in [-0.25, -0.2) is 4.98 Å². The standard InChI is InChI=1S/C17H16N4O/c18-11-14-6-7-15(22-14)12-19-9-10-20-17-8-5-13-3-1-2-4-16(13)21-17/h1-8,19H,9-10,12H2,(H,20,21). The van der Waals surface area contributed by atoms with Gasteiger partial charge in [0.15, 0.2) is 0 Å². The quantitative estimate of drug-likeness (QED) is 0.683. The second-order valence-corrected chi connectivity index (χ2v) is 4.87. The van der Waals surface area contributed by atoms with E-state index in [0.717, 1.165) is 35.6 Å². The molecule has 2 N–H and O–H groups in total. The van der Waals surface area contributed by atoms with Crippen LogP contribution in [0.3, 0.4) is 0 Å². The molecule has 2 aromatic heterocycles. The smallest absolute Gasteiger partial charge is 0.203 e. The first kappa shape index (κ1) is 14.1. The van der Waals surface area contributed by atoms with Gasteiger partial charge in [-0.05, 0) is 30.3 Å². The molecule has 0 aliphatic carbocycles. The van der Waals surface area contributed by atoms with Crippen LogP contribution in [-0.4, -0.2) is 18.1 Å². The summed E-state index contributed by atoms with van der Waals surface area (Å²) in [5, 5.41) is 16.4. The van der Waals surface area contributed by atoms with E-state index >= 15 is 0 Å². The molecule has 2 heterocycles. The van der Waals surface area contributed by atoms with Crippen LogP contribution >= 0.6 is 0 Å². The highest BCUT2D eigenvalue weighted by atomic mass is 16.3. The Morgan fingerprint density at radius 2 is 1.95 bits per heavy atom. The normalized spacial score (nSPS) is 10.5. The summed E-state index contributed by atoms with van der Waals surface area (Å²) in [5.41, 5.74) is 0.986. The van der Waals surface area contributed by atoms with E-state index in [0.29, 0.717) is 12.3 Å². The molecule has 0 atom stereocenters. The number of pyridine rings is 1. The number of hydrogen-bond acceptors (Lipinski definition) is 5. The van der Waals surface area contributed by atoms with Crippen molar-refractivity contribution in [3.63, 3.8) is 0 Å². The van der Waals surface area contributed by atoms with Gasteiger partial charge < -0.3 is 15.1 Å². The fraction of sp³-hybridized carbons (Fsp3) is 0.176. The van der Waals surface area contributed by atoms with Crippen LogP contribution in [0.15, 0.2) is 52.9 Å². The topological polar surface area (TPSA) is 73.9 Å². The Morgan fingerprint density at radius 3 is 2.82 bits per heavy atom. The highest BCUT2D eigenvalue weighted by Gasteiger charge is 2.00. The molecular formula is C17H16N4O. The molecule has 0 bridgehead atoms. The number of hydrogen-bond donors (Lipinski definition) is 2. The Balaban J connectivity index is 1.45. The number of rotatable bonds is 6. The lowest BCUT2D eigenvalue weighted by molar-refractivity contribution is 0.477. The molecule has 0 fully saturated rings. The summed E-state index contributed by atoms with van der Waals surface area (Å²) in [6.45, 7) is 2.14. The van der Waals surface area contributed by atoms with Gasteiger partial charge >= 0.3 is 0 Å². The lowest BCUT2D eigenvalue weighted by atomic mass is 10.2. The number of nitriles is 1. The molecule has 3 rings (SSSR count). The van der Waals surface area contributed by atoms with Crippen molar-refractivity contribution >= 4 is 16.7 Å². The van der Waals surface area contributed by atoms with Crippen molar-refractivity contribution in [1.29, 1.82) is 5.26 Å². The van der Waals surface area contributed by atoms with Crippen LogP contribution in [0.4, 0.5) is 5.82 Å². The number of anilines is 1. The summed E-state index contributed by atoms with van der Waals surface area (Å²) in [6, 6.07) is 17.5. The molecule has 0 radical (unpaired) electrons. The Morgan fingerprint density at radius 1 is 1.05 bits per heavy atom. The van der Waals surface area contributed by atoms with Crippen molar-refractivity contribution in [3.8, 4) is 6.07 Å². The van der Waals surface area contributed by atoms with E-state index in [4.69, 9.17) is 9.68 Å². The average Bonchev–Trinajstić information content (AvgIpc) is 3.02. The van der Waals surface area contributed by atoms with Crippen molar-refractivity contribution in [2.75, 3.05) is 18.4 Å². The minimum absolute atomic E-state index is 0.343. The Labute approximate surface area is 128 Å². The fourth-order valence-corrected chi connectivity index (χ4v) is 2.19. The van der Waals surface area contributed by atoms with Gasteiger partial charge in [-0.3, -0.25) is 0 Å². The molecule has 0 saturated heterocycles. The predicted octanol–water partition coefficient (Wildman–Crippen LogP) is 2.90. The monoisotopic (exact) mass is 292 g/mol. The van der Waals surface area contributed by atoms with Crippen LogP contribution in [0.25, 0.3) is 10.9 Å². The van der Waals surface area contributed by atoms with Gasteiger partial charge in [0.2, 0.25) is 5.76 Å². The predicted molar refractivity (Wildman–Crippen MR) is 85.4 cm³/mol. The van der Waals surface area contributed by atoms with Crippen LogP contribution in [0.5, 0.6) is 0 Å². The van der Waals surface area contributed by atoms with Gasteiger partial charge in [0, 0.05) is 18.5 Å². The Bertz CT molecular complexity index is 804. The van der Waals surface area contributed by atoms with E-state index in [1.807, 2.05) is 42.5 Å². The lowest BCUT2D eigenvalue weighted by Gasteiger charge is -2.07. The van der Waals surface area contributed by atoms with Crippen LogP contribution in [-0.2, 0) is 6.54 Å². The third kappa shape index (κ3) is 3.43. The molecule has 5 heteroatoms. The Kier molecular flexibility index (Phi) is 4.33. The molecule has 0 aliphatic rings. The minimum Gasteiger partial charge on any atom is -0.449 e. The van der Waals surface area contributed by atoms with Crippen molar-refractivity contribution < 1.29 is 4.42 Å². The summed E-state index contributed by atoms with van der Waals surface area (Å²) in [4.78, 5) is 4.55. The first-order chi connectivity index (χ1) is 10.8. The second-order valence-electron chi connectivity index (χ2n) is 4.87. The van der Waals surface area contributed by atoms with Gasteiger partial charge in [-0.1, -0.05) is 18.2 Å². The van der Waals surface area contributed by atoms with Crippen molar-refractivity contribution in [3.05, 3.63) is 60.1 Å². The molecule has 0 unspecified atom stereocenters. The minimum atomic E-state index is 0.343. The number of nitrogens with zero attached hydrogens (tertiary/aromatic N) is 2. The van der Waals surface area contributed by atoms with Gasteiger partial charge in [-0.2, -0.15) is 5.26 Å². The van der Waals surface area contributed by atoms with Crippen molar-refractivity contribution in [2.24, 2.45) is 0 Å². The summed E-state index contributed by atoms with van der Waals surface area (Å²) < 4.78 is 5.29. The first-order valence-electron chi connectivity index (χ1n) is 7.14. The summed E-state index contributed by atoms with van der Waals surface area (Å²) in [5.74, 6) is 1.97. The molecule has 110 valence electrons.